The Morgan fingerprint density at radius 1 is 1.80 bits per heavy atom. The molecular formula is C7H14N2O. The average molecular weight is 142 g/mol. The highest BCUT2D eigenvalue weighted by atomic mass is 16.1. The summed E-state index contributed by atoms with van der Waals surface area (Å²) in [6.07, 6.45) is 2.34. The van der Waals surface area contributed by atoms with Gasteiger partial charge < -0.3 is 5.73 Å². The van der Waals surface area contributed by atoms with E-state index in [9.17, 15) is 4.79 Å². The van der Waals surface area contributed by atoms with Crippen LogP contribution in [0, 0.1) is 0 Å². The SMILES string of the molecule is CCC(=O)[C@]1(N)CCCN1. The highest BCUT2D eigenvalue weighted by Gasteiger charge is 2.34. The van der Waals surface area contributed by atoms with Crippen LogP contribution in [-0.2, 0) is 4.79 Å². The van der Waals surface area contributed by atoms with Gasteiger partial charge in [-0.1, -0.05) is 6.92 Å². The van der Waals surface area contributed by atoms with Crippen molar-refractivity contribution in [2.45, 2.75) is 31.8 Å². The van der Waals surface area contributed by atoms with Gasteiger partial charge in [-0.25, -0.2) is 0 Å². The van der Waals surface area contributed by atoms with Crippen molar-refractivity contribution in [3.8, 4) is 0 Å². The van der Waals surface area contributed by atoms with Crippen LogP contribution in [0.25, 0.3) is 0 Å². The molecule has 1 saturated heterocycles. The largest absolute Gasteiger partial charge is 0.307 e. The molecular weight excluding hydrogens is 128 g/mol. The maximum absolute atomic E-state index is 11.1. The van der Waals surface area contributed by atoms with Crippen molar-refractivity contribution in [3.05, 3.63) is 0 Å². The molecule has 1 aliphatic heterocycles. The second-order valence-corrected chi connectivity index (χ2v) is 2.78. The van der Waals surface area contributed by atoms with Crippen LogP contribution in [0.4, 0.5) is 0 Å². The van der Waals surface area contributed by atoms with Crippen LogP contribution in [0.15, 0.2) is 0 Å². The first-order chi connectivity index (χ1) is 4.69. The molecule has 3 N–H and O–H groups in total. The predicted molar refractivity (Wildman–Crippen MR) is 39.5 cm³/mol. The molecule has 0 aromatic heterocycles. The van der Waals surface area contributed by atoms with Crippen LogP contribution >= 0.6 is 0 Å². The molecule has 1 aliphatic rings. The first-order valence-corrected chi connectivity index (χ1v) is 3.76. The third-order valence-electron chi connectivity index (χ3n) is 2.01. The topological polar surface area (TPSA) is 55.1 Å². The number of Topliss-reactive ketones (excluding diaryl/α,β-unsaturated/α-hetero) is 1. The molecule has 0 bridgehead atoms. The number of carbonyl (C=O) groups excluding carboxylic acids is 1. The van der Waals surface area contributed by atoms with Crippen LogP contribution < -0.4 is 11.1 Å². The Hall–Kier alpha value is -0.410. The van der Waals surface area contributed by atoms with Crippen LogP contribution in [0.2, 0.25) is 0 Å². The van der Waals surface area contributed by atoms with Gasteiger partial charge in [-0.05, 0) is 19.4 Å². The van der Waals surface area contributed by atoms with Gasteiger partial charge in [0, 0.05) is 6.42 Å². The Kier molecular flexibility index (Phi) is 2.06. The van der Waals surface area contributed by atoms with Gasteiger partial charge in [0.2, 0.25) is 0 Å². The quantitative estimate of drug-likeness (QED) is 0.570. The van der Waals surface area contributed by atoms with E-state index >= 15 is 0 Å². The molecule has 3 heteroatoms. The normalized spacial score (nSPS) is 32.6. The minimum Gasteiger partial charge on any atom is -0.307 e. The van der Waals surface area contributed by atoms with Crippen LogP contribution in [0.5, 0.6) is 0 Å². The molecule has 0 unspecified atom stereocenters. The Bertz CT molecular complexity index is 139. The third kappa shape index (κ3) is 1.20. The Labute approximate surface area is 61.0 Å². The van der Waals surface area contributed by atoms with Gasteiger partial charge in [0.15, 0.2) is 5.78 Å². The Morgan fingerprint density at radius 3 is 2.90 bits per heavy atom. The maximum Gasteiger partial charge on any atom is 0.166 e. The zero-order valence-electron chi connectivity index (χ0n) is 6.31. The summed E-state index contributed by atoms with van der Waals surface area (Å²) in [5.74, 6) is 0.130. The molecule has 1 heterocycles. The van der Waals surface area contributed by atoms with Gasteiger partial charge in [0.25, 0.3) is 0 Å². The highest BCUT2D eigenvalue weighted by molar-refractivity contribution is 5.87. The van der Waals surface area contributed by atoms with Crippen molar-refractivity contribution in [1.29, 1.82) is 0 Å². The fourth-order valence-corrected chi connectivity index (χ4v) is 1.32. The van der Waals surface area contributed by atoms with E-state index in [1.165, 1.54) is 0 Å². The molecule has 0 aromatic rings. The molecule has 0 amide bonds. The number of ketones is 1. The molecule has 1 fully saturated rings. The van der Waals surface area contributed by atoms with Crippen LogP contribution in [-0.4, -0.2) is 18.0 Å². The predicted octanol–water partition coefficient (Wildman–Crippen LogP) is 0.00390. The van der Waals surface area contributed by atoms with Crippen molar-refractivity contribution in [2.75, 3.05) is 6.54 Å². The number of carbonyl (C=O) groups is 1. The number of nitrogens with one attached hydrogen (secondary N) is 1. The van der Waals surface area contributed by atoms with Crippen molar-refractivity contribution >= 4 is 5.78 Å². The molecule has 3 nitrogen and oxygen atoms in total. The number of hydrogen-bond acceptors (Lipinski definition) is 3. The minimum absolute atomic E-state index is 0.130. The summed E-state index contributed by atoms with van der Waals surface area (Å²) in [6.45, 7) is 2.72. The fraction of sp³-hybridized carbons (Fsp3) is 0.857. The van der Waals surface area contributed by atoms with Gasteiger partial charge in [-0.3, -0.25) is 10.1 Å². The van der Waals surface area contributed by atoms with Crippen molar-refractivity contribution in [2.24, 2.45) is 5.73 Å². The maximum atomic E-state index is 11.1. The number of hydrogen-bond donors (Lipinski definition) is 2. The third-order valence-corrected chi connectivity index (χ3v) is 2.01. The zero-order chi connectivity index (χ0) is 7.61. The van der Waals surface area contributed by atoms with Gasteiger partial charge in [-0.15, -0.1) is 0 Å². The van der Waals surface area contributed by atoms with E-state index < -0.39 is 5.66 Å². The monoisotopic (exact) mass is 142 g/mol. The van der Waals surface area contributed by atoms with Gasteiger partial charge in [-0.2, -0.15) is 0 Å². The summed E-state index contributed by atoms with van der Waals surface area (Å²) in [4.78, 5) is 11.1. The second-order valence-electron chi connectivity index (χ2n) is 2.78. The van der Waals surface area contributed by atoms with Crippen LogP contribution in [0.3, 0.4) is 0 Å². The molecule has 0 aromatic carbocycles. The summed E-state index contributed by atoms with van der Waals surface area (Å²) in [6, 6.07) is 0. The van der Waals surface area contributed by atoms with E-state index in [2.05, 4.69) is 5.32 Å². The van der Waals surface area contributed by atoms with Gasteiger partial charge in [0.05, 0.1) is 0 Å². The lowest BCUT2D eigenvalue weighted by Gasteiger charge is -2.21. The first-order valence-electron chi connectivity index (χ1n) is 3.76. The Morgan fingerprint density at radius 2 is 2.50 bits per heavy atom. The molecule has 0 radical (unpaired) electrons. The van der Waals surface area contributed by atoms with Crippen molar-refractivity contribution < 1.29 is 4.79 Å². The van der Waals surface area contributed by atoms with E-state index in [0.717, 1.165) is 19.4 Å². The van der Waals surface area contributed by atoms with E-state index in [1.54, 1.807) is 0 Å². The molecule has 0 saturated carbocycles. The smallest absolute Gasteiger partial charge is 0.166 e. The summed E-state index contributed by atoms with van der Waals surface area (Å²) in [5, 5.41) is 3.01. The highest BCUT2D eigenvalue weighted by Crippen LogP contribution is 2.14. The lowest BCUT2D eigenvalue weighted by molar-refractivity contribution is -0.124. The summed E-state index contributed by atoms with van der Waals surface area (Å²) >= 11 is 0. The van der Waals surface area contributed by atoms with E-state index in [-0.39, 0.29) is 5.78 Å². The van der Waals surface area contributed by atoms with E-state index in [0.29, 0.717) is 6.42 Å². The standard InChI is InChI=1S/C7H14N2O/c1-2-6(10)7(8)4-3-5-9-7/h9H,2-5,8H2,1H3/t7-/m0/s1. The van der Waals surface area contributed by atoms with Gasteiger partial charge >= 0.3 is 0 Å². The average Bonchev–Trinajstić information content (AvgIpc) is 2.36. The van der Waals surface area contributed by atoms with E-state index in [4.69, 9.17) is 5.73 Å². The first kappa shape index (κ1) is 7.69. The van der Waals surface area contributed by atoms with Crippen LogP contribution in [0.1, 0.15) is 26.2 Å². The number of nitrogens with two attached hydrogens (primary N) is 1. The zero-order valence-corrected chi connectivity index (χ0v) is 6.31. The van der Waals surface area contributed by atoms with Crippen molar-refractivity contribution in [3.63, 3.8) is 0 Å². The van der Waals surface area contributed by atoms with E-state index in [1.807, 2.05) is 6.92 Å². The Balaban J connectivity index is 2.58. The molecule has 1 atom stereocenters. The summed E-state index contributed by atoms with van der Waals surface area (Å²) in [5.41, 5.74) is 5.07. The molecule has 0 spiro atoms. The fourth-order valence-electron chi connectivity index (χ4n) is 1.32. The van der Waals surface area contributed by atoms with Gasteiger partial charge in [0.1, 0.15) is 5.66 Å². The minimum atomic E-state index is -0.686. The lowest BCUT2D eigenvalue weighted by atomic mass is 10.0. The summed E-state index contributed by atoms with van der Waals surface area (Å²) in [7, 11) is 0. The lowest BCUT2D eigenvalue weighted by Crippen LogP contribution is -2.55. The molecule has 58 valence electrons. The summed E-state index contributed by atoms with van der Waals surface area (Å²) < 4.78 is 0. The molecule has 1 rings (SSSR count). The molecule has 10 heavy (non-hydrogen) atoms. The van der Waals surface area contributed by atoms with Crippen molar-refractivity contribution in [1.82, 2.24) is 5.32 Å². The second kappa shape index (κ2) is 2.68. The number of rotatable bonds is 2. The molecule has 0 aliphatic carbocycles.